The van der Waals surface area contributed by atoms with E-state index in [0.29, 0.717) is 5.69 Å². The number of anilines is 2. The van der Waals surface area contributed by atoms with Gasteiger partial charge in [-0.1, -0.05) is 18.2 Å². The molecule has 1 aliphatic heterocycles. The number of thiophene rings is 1. The van der Waals surface area contributed by atoms with Crippen molar-refractivity contribution in [3.05, 3.63) is 46.2 Å². The number of amides is 1. The maximum atomic E-state index is 12.5. The molecule has 0 unspecified atom stereocenters. The number of para-hydroxylation sites is 1. The van der Waals surface area contributed by atoms with Crippen LogP contribution in [0.4, 0.5) is 11.4 Å². The first-order chi connectivity index (χ1) is 8.77. The van der Waals surface area contributed by atoms with E-state index in [1.54, 1.807) is 0 Å². The first-order valence-corrected chi connectivity index (χ1v) is 6.88. The predicted octanol–water partition coefficient (Wildman–Crippen LogP) is 2.92. The highest BCUT2D eigenvalue weighted by molar-refractivity contribution is 7.12. The van der Waals surface area contributed by atoms with Gasteiger partial charge in [-0.25, -0.2) is 0 Å². The van der Waals surface area contributed by atoms with Gasteiger partial charge in [0.2, 0.25) is 0 Å². The number of hydrogen-bond donors (Lipinski definition) is 1. The minimum Gasteiger partial charge on any atom is -0.397 e. The molecule has 18 heavy (non-hydrogen) atoms. The van der Waals surface area contributed by atoms with E-state index < -0.39 is 0 Å². The van der Waals surface area contributed by atoms with Gasteiger partial charge in [0.1, 0.15) is 0 Å². The molecule has 0 bridgehead atoms. The van der Waals surface area contributed by atoms with Crippen molar-refractivity contribution in [2.45, 2.75) is 12.8 Å². The number of fused-ring (bicyclic) bond motifs is 1. The fourth-order valence-corrected chi connectivity index (χ4v) is 3.09. The molecule has 1 aromatic heterocycles. The Morgan fingerprint density at radius 1 is 1.28 bits per heavy atom. The molecule has 1 aliphatic rings. The lowest BCUT2D eigenvalue weighted by Gasteiger charge is -2.30. The van der Waals surface area contributed by atoms with Crippen molar-refractivity contribution in [1.29, 1.82) is 0 Å². The van der Waals surface area contributed by atoms with Gasteiger partial charge in [0.05, 0.1) is 16.3 Å². The van der Waals surface area contributed by atoms with Crippen LogP contribution in [0.5, 0.6) is 0 Å². The molecule has 3 nitrogen and oxygen atoms in total. The monoisotopic (exact) mass is 258 g/mol. The van der Waals surface area contributed by atoms with E-state index >= 15 is 0 Å². The second-order valence-electron chi connectivity index (χ2n) is 4.39. The van der Waals surface area contributed by atoms with Crippen LogP contribution in [-0.4, -0.2) is 12.5 Å². The Kier molecular flexibility index (Phi) is 2.80. The highest BCUT2D eigenvalue weighted by Crippen LogP contribution is 2.34. The molecule has 0 aliphatic carbocycles. The molecule has 4 heteroatoms. The number of carbonyl (C=O) groups excluding carboxylic acids is 1. The largest absolute Gasteiger partial charge is 0.397 e. The number of benzene rings is 1. The van der Waals surface area contributed by atoms with Crippen molar-refractivity contribution >= 4 is 28.6 Å². The Bertz CT molecular complexity index is 577. The Morgan fingerprint density at radius 3 is 2.94 bits per heavy atom. The first-order valence-electron chi connectivity index (χ1n) is 6.00. The number of hydrogen-bond acceptors (Lipinski definition) is 3. The zero-order valence-electron chi connectivity index (χ0n) is 9.93. The lowest BCUT2D eigenvalue weighted by molar-refractivity contribution is 0.0989. The molecule has 1 amide bonds. The van der Waals surface area contributed by atoms with Crippen LogP contribution >= 0.6 is 11.3 Å². The molecule has 0 saturated heterocycles. The summed E-state index contributed by atoms with van der Waals surface area (Å²) in [6, 6.07) is 9.63. The smallest absolute Gasteiger partial charge is 0.268 e. The van der Waals surface area contributed by atoms with Crippen molar-refractivity contribution < 1.29 is 4.79 Å². The third-order valence-electron chi connectivity index (χ3n) is 3.23. The summed E-state index contributed by atoms with van der Waals surface area (Å²) < 4.78 is 0. The molecule has 0 spiro atoms. The van der Waals surface area contributed by atoms with E-state index in [-0.39, 0.29) is 5.91 Å². The molecule has 2 heterocycles. The third-order valence-corrected chi connectivity index (χ3v) is 4.08. The Morgan fingerprint density at radius 2 is 2.17 bits per heavy atom. The Labute approximate surface area is 110 Å². The van der Waals surface area contributed by atoms with Crippen molar-refractivity contribution in [3.8, 4) is 0 Å². The van der Waals surface area contributed by atoms with E-state index in [1.807, 2.05) is 34.5 Å². The lowest BCUT2D eigenvalue weighted by Crippen LogP contribution is -2.35. The average Bonchev–Trinajstić information content (AvgIpc) is 2.91. The van der Waals surface area contributed by atoms with Gasteiger partial charge >= 0.3 is 0 Å². The van der Waals surface area contributed by atoms with E-state index in [1.165, 1.54) is 16.9 Å². The van der Waals surface area contributed by atoms with Crippen LogP contribution in [0.2, 0.25) is 0 Å². The second kappa shape index (κ2) is 4.46. The van der Waals surface area contributed by atoms with Crippen LogP contribution in [0.25, 0.3) is 0 Å². The van der Waals surface area contributed by atoms with E-state index in [0.717, 1.165) is 30.0 Å². The minimum absolute atomic E-state index is 0.0591. The summed E-state index contributed by atoms with van der Waals surface area (Å²) >= 11 is 1.47. The van der Waals surface area contributed by atoms with E-state index in [4.69, 9.17) is 5.73 Å². The number of rotatable bonds is 1. The van der Waals surface area contributed by atoms with Crippen LogP contribution in [-0.2, 0) is 6.42 Å². The third kappa shape index (κ3) is 1.78. The van der Waals surface area contributed by atoms with Gasteiger partial charge in [-0.15, -0.1) is 11.3 Å². The second-order valence-corrected chi connectivity index (χ2v) is 5.34. The average molecular weight is 258 g/mol. The Hall–Kier alpha value is -1.81. The lowest BCUT2D eigenvalue weighted by atomic mass is 10.0. The SMILES string of the molecule is Nc1cccc2c1N(C(=O)c1cccs1)CCC2. The zero-order chi connectivity index (χ0) is 12.5. The van der Waals surface area contributed by atoms with E-state index in [9.17, 15) is 4.79 Å². The summed E-state index contributed by atoms with van der Waals surface area (Å²) in [5.74, 6) is 0.0591. The Balaban J connectivity index is 2.04. The summed E-state index contributed by atoms with van der Waals surface area (Å²) in [6.07, 6.45) is 1.99. The molecule has 0 atom stereocenters. The molecule has 92 valence electrons. The molecule has 0 radical (unpaired) electrons. The van der Waals surface area contributed by atoms with Crippen LogP contribution in [0.15, 0.2) is 35.7 Å². The van der Waals surface area contributed by atoms with Gasteiger partial charge in [0, 0.05) is 6.54 Å². The number of carbonyl (C=O) groups is 1. The first kappa shape index (κ1) is 11.3. The van der Waals surface area contributed by atoms with E-state index in [2.05, 4.69) is 6.07 Å². The number of nitrogens with zero attached hydrogens (tertiary/aromatic N) is 1. The number of nitrogen functional groups attached to an aromatic ring is 1. The van der Waals surface area contributed by atoms with Gasteiger partial charge in [-0.2, -0.15) is 0 Å². The molecular weight excluding hydrogens is 244 g/mol. The number of nitrogens with two attached hydrogens (primary N) is 1. The fourth-order valence-electron chi connectivity index (χ4n) is 2.42. The quantitative estimate of drug-likeness (QED) is 0.799. The molecule has 2 N–H and O–H groups in total. The van der Waals surface area contributed by atoms with Crippen LogP contribution in [0, 0.1) is 0 Å². The zero-order valence-corrected chi connectivity index (χ0v) is 10.7. The summed E-state index contributed by atoms with van der Waals surface area (Å²) in [7, 11) is 0. The van der Waals surface area contributed by atoms with Crippen LogP contribution in [0.1, 0.15) is 21.7 Å². The molecule has 1 aromatic carbocycles. The summed E-state index contributed by atoms with van der Waals surface area (Å²) in [5.41, 5.74) is 8.80. The topological polar surface area (TPSA) is 46.3 Å². The highest BCUT2D eigenvalue weighted by atomic mass is 32.1. The minimum atomic E-state index is 0.0591. The number of aryl methyl sites for hydroxylation is 1. The molecule has 3 rings (SSSR count). The van der Waals surface area contributed by atoms with Gasteiger partial charge in [-0.3, -0.25) is 4.79 Å². The van der Waals surface area contributed by atoms with Crippen molar-refractivity contribution in [3.63, 3.8) is 0 Å². The van der Waals surface area contributed by atoms with Gasteiger partial charge < -0.3 is 10.6 Å². The normalized spacial score (nSPS) is 14.3. The summed E-state index contributed by atoms with van der Waals surface area (Å²) in [5, 5.41) is 1.92. The van der Waals surface area contributed by atoms with Gasteiger partial charge in [-0.05, 0) is 35.9 Å². The standard InChI is InChI=1S/C14H14N2OS/c15-11-6-1-4-10-5-2-8-16(13(10)11)14(17)12-7-3-9-18-12/h1,3-4,6-7,9H,2,5,8,15H2. The van der Waals surface area contributed by atoms with Crippen molar-refractivity contribution in [2.75, 3.05) is 17.2 Å². The highest BCUT2D eigenvalue weighted by Gasteiger charge is 2.25. The molecular formula is C14H14N2OS. The maximum Gasteiger partial charge on any atom is 0.268 e. The van der Waals surface area contributed by atoms with Gasteiger partial charge in [0.25, 0.3) is 5.91 Å². The molecule has 0 fully saturated rings. The van der Waals surface area contributed by atoms with Crippen molar-refractivity contribution in [2.24, 2.45) is 0 Å². The predicted molar refractivity (Wildman–Crippen MR) is 75.2 cm³/mol. The molecule has 2 aromatic rings. The fraction of sp³-hybridized carbons (Fsp3) is 0.214. The van der Waals surface area contributed by atoms with Crippen molar-refractivity contribution in [1.82, 2.24) is 0 Å². The van der Waals surface area contributed by atoms with Crippen LogP contribution < -0.4 is 10.6 Å². The van der Waals surface area contributed by atoms with Crippen LogP contribution in [0.3, 0.4) is 0 Å². The summed E-state index contributed by atoms with van der Waals surface area (Å²) in [4.78, 5) is 15.0. The summed E-state index contributed by atoms with van der Waals surface area (Å²) in [6.45, 7) is 0.748. The molecule has 0 saturated carbocycles. The maximum absolute atomic E-state index is 12.5. The van der Waals surface area contributed by atoms with Gasteiger partial charge in [0.15, 0.2) is 0 Å².